The quantitative estimate of drug-likeness (QED) is 0.628. The van der Waals surface area contributed by atoms with Crippen LogP contribution in [0.15, 0.2) is 0 Å². The van der Waals surface area contributed by atoms with Gasteiger partial charge in [-0.15, -0.1) is 0 Å². The fourth-order valence-corrected chi connectivity index (χ4v) is 3.62. The van der Waals surface area contributed by atoms with Gasteiger partial charge in [0.05, 0.1) is 18.1 Å². The van der Waals surface area contributed by atoms with E-state index in [4.69, 9.17) is 5.11 Å². The van der Waals surface area contributed by atoms with Gasteiger partial charge in [0, 0.05) is 12.1 Å². The minimum absolute atomic E-state index is 0.0951. The lowest BCUT2D eigenvalue weighted by molar-refractivity contribution is -0.140. The number of sulfonamides is 1. The molecule has 20 heavy (non-hydrogen) atoms. The minimum atomic E-state index is -3.38. The molecule has 0 heterocycles. The molecular weight excluding hydrogens is 284 g/mol. The lowest BCUT2D eigenvalue weighted by Gasteiger charge is -2.25. The van der Waals surface area contributed by atoms with Gasteiger partial charge < -0.3 is 10.4 Å². The van der Waals surface area contributed by atoms with Crippen LogP contribution in [0.5, 0.6) is 0 Å². The minimum Gasteiger partial charge on any atom is -0.481 e. The van der Waals surface area contributed by atoms with Crippen molar-refractivity contribution in [1.29, 1.82) is 0 Å². The third-order valence-corrected chi connectivity index (χ3v) is 4.47. The largest absolute Gasteiger partial charge is 0.481 e. The molecular formula is C12H22N2O5S. The van der Waals surface area contributed by atoms with Crippen molar-refractivity contribution in [3.05, 3.63) is 0 Å². The highest BCUT2D eigenvalue weighted by Gasteiger charge is 2.65. The van der Waals surface area contributed by atoms with E-state index in [9.17, 15) is 18.0 Å². The lowest BCUT2D eigenvalue weighted by atomic mass is 10.1. The Bertz CT molecular complexity index is 524. The molecule has 116 valence electrons. The maximum absolute atomic E-state index is 12.0. The average Bonchev–Trinajstić information content (AvgIpc) is 2.74. The summed E-state index contributed by atoms with van der Waals surface area (Å²) >= 11 is 0. The third kappa shape index (κ3) is 3.92. The molecule has 0 aromatic carbocycles. The van der Waals surface area contributed by atoms with E-state index in [1.807, 2.05) is 0 Å². The molecule has 1 rings (SSSR count). The topological polar surface area (TPSA) is 113 Å². The standard InChI is InChI=1S/C12H22N2O5S/c1-11(2,14-20(5,18)19)6-13-9(15)7-8(10(16)17)12(7,3)4/h7-8,14H,6H2,1-5H3,(H,13,15)(H,16,17). The van der Waals surface area contributed by atoms with Gasteiger partial charge in [-0.05, 0) is 19.3 Å². The molecule has 2 unspecified atom stereocenters. The fourth-order valence-electron chi connectivity index (χ4n) is 2.54. The smallest absolute Gasteiger partial charge is 0.307 e. The molecule has 0 aromatic heterocycles. The van der Waals surface area contributed by atoms with Crippen LogP contribution in [0.3, 0.4) is 0 Å². The van der Waals surface area contributed by atoms with Crippen LogP contribution in [0.2, 0.25) is 0 Å². The van der Waals surface area contributed by atoms with Gasteiger partial charge in [-0.2, -0.15) is 0 Å². The van der Waals surface area contributed by atoms with Crippen LogP contribution >= 0.6 is 0 Å². The van der Waals surface area contributed by atoms with E-state index >= 15 is 0 Å². The van der Waals surface area contributed by atoms with Crippen LogP contribution in [0.4, 0.5) is 0 Å². The van der Waals surface area contributed by atoms with Gasteiger partial charge >= 0.3 is 5.97 Å². The Balaban J connectivity index is 2.59. The Morgan fingerprint density at radius 1 is 1.25 bits per heavy atom. The number of aliphatic carboxylic acids is 1. The zero-order valence-corrected chi connectivity index (χ0v) is 13.2. The molecule has 8 heteroatoms. The maximum Gasteiger partial charge on any atom is 0.307 e. The first-order chi connectivity index (χ1) is 8.78. The van der Waals surface area contributed by atoms with Crippen molar-refractivity contribution < 1.29 is 23.1 Å². The molecule has 3 N–H and O–H groups in total. The van der Waals surface area contributed by atoms with Gasteiger partial charge in [-0.3, -0.25) is 9.59 Å². The van der Waals surface area contributed by atoms with Gasteiger partial charge in [0.2, 0.25) is 15.9 Å². The summed E-state index contributed by atoms with van der Waals surface area (Å²) in [6.45, 7) is 6.84. The van der Waals surface area contributed by atoms with E-state index in [1.165, 1.54) is 0 Å². The number of carbonyl (C=O) groups excluding carboxylic acids is 1. The van der Waals surface area contributed by atoms with Gasteiger partial charge in [0.25, 0.3) is 0 Å². The monoisotopic (exact) mass is 306 g/mol. The third-order valence-electron chi connectivity index (χ3n) is 3.54. The highest BCUT2D eigenvalue weighted by atomic mass is 32.2. The lowest BCUT2D eigenvalue weighted by Crippen LogP contribution is -2.51. The van der Waals surface area contributed by atoms with E-state index in [2.05, 4.69) is 10.0 Å². The van der Waals surface area contributed by atoms with Gasteiger partial charge in [-0.1, -0.05) is 13.8 Å². The number of carbonyl (C=O) groups is 2. The highest BCUT2D eigenvalue weighted by Crippen LogP contribution is 2.58. The molecule has 2 atom stereocenters. The summed E-state index contributed by atoms with van der Waals surface area (Å²) in [6.07, 6.45) is 1.04. The number of hydrogen-bond donors (Lipinski definition) is 3. The maximum atomic E-state index is 12.0. The summed E-state index contributed by atoms with van der Waals surface area (Å²) in [6, 6.07) is 0. The molecule has 0 bridgehead atoms. The first-order valence-electron chi connectivity index (χ1n) is 6.27. The van der Waals surface area contributed by atoms with Crippen molar-refractivity contribution in [2.45, 2.75) is 33.2 Å². The number of amides is 1. The van der Waals surface area contributed by atoms with Crippen molar-refractivity contribution in [1.82, 2.24) is 10.0 Å². The zero-order chi connectivity index (χ0) is 15.9. The Morgan fingerprint density at radius 2 is 1.75 bits per heavy atom. The van der Waals surface area contributed by atoms with E-state index in [0.29, 0.717) is 0 Å². The molecule has 0 aliphatic heterocycles. The first kappa shape index (κ1) is 16.9. The van der Waals surface area contributed by atoms with Crippen LogP contribution in [0.1, 0.15) is 27.7 Å². The Kier molecular flexibility index (Phi) is 4.22. The zero-order valence-electron chi connectivity index (χ0n) is 12.4. The van der Waals surface area contributed by atoms with Crippen molar-refractivity contribution in [3.8, 4) is 0 Å². The number of hydrogen-bond acceptors (Lipinski definition) is 4. The Hall–Kier alpha value is -1.15. The van der Waals surface area contributed by atoms with Crippen LogP contribution in [0, 0.1) is 17.3 Å². The molecule has 0 aromatic rings. The Labute approximate surface area is 119 Å². The van der Waals surface area contributed by atoms with E-state index in [-0.39, 0.29) is 12.5 Å². The molecule has 7 nitrogen and oxygen atoms in total. The first-order valence-corrected chi connectivity index (χ1v) is 8.16. The predicted molar refractivity (Wildman–Crippen MR) is 73.5 cm³/mol. The summed E-state index contributed by atoms with van der Waals surface area (Å²) in [5.41, 5.74) is -1.40. The Morgan fingerprint density at radius 3 is 2.10 bits per heavy atom. The second-order valence-electron chi connectivity index (χ2n) is 6.59. The molecule has 0 spiro atoms. The average molecular weight is 306 g/mol. The number of carboxylic acid groups (broad SMARTS) is 1. The van der Waals surface area contributed by atoms with Crippen molar-refractivity contribution in [2.24, 2.45) is 17.3 Å². The molecule has 1 aliphatic carbocycles. The normalized spacial score (nSPS) is 25.1. The summed E-state index contributed by atoms with van der Waals surface area (Å²) in [4.78, 5) is 23.0. The second-order valence-corrected chi connectivity index (χ2v) is 8.34. The SMILES string of the molecule is CC(C)(CNC(=O)C1C(C(=O)O)C1(C)C)NS(C)(=O)=O. The number of nitrogens with one attached hydrogen (secondary N) is 2. The van der Waals surface area contributed by atoms with Gasteiger partial charge in [0.1, 0.15) is 0 Å². The highest BCUT2D eigenvalue weighted by molar-refractivity contribution is 7.88. The van der Waals surface area contributed by atoms with Gasteiger partial charge in [-0.25, -0.2) is 13.1 Å². The van der Waals surface area contributed by atoms with Crippen LogP contribution < -0.4 is 10.0 Å². The predicted octanol–water partition coefficient (Wildman–Crippen LogP) is -0.213. The van der Waals surface area contributed by atoms with Crippen LogP contribution in [-0.2, 0) is 19.6 Å². The summed E-state index contributed by atoms with van der Waals surface area (Å²) < 4.78 is 24.8. The molecule has 0 saturated heterocycles. The van der Waals surface area contributed by atoms with Crippen molar-refractivity contribution >= 4 is 21.9 Å². The van der Waals surface area contributed by atoms with E-state index in [1.54, 1.807) is 27.7 Å². The molecule has 1 amide bonds. The summed E-state index contributed by atoms with van der Waals surface area (Å²) in [5, 5.41) is 11.6. The molecule has 1 saturated carbocycles. The van der Waals surface area contributed by atoms with Crippen molar-refractivity contribution in [2.75, 3.05) is 12.8 Å². The van der Waals surface area contributed by atoms with Crippen molar-refractivity contribution in [3.63, 3.8) is 0 Å². The molecule has 1 fully saturated rings. The number of carboxylic acids is 1. The second kappa shape index (κ2) is 5.00. The number of rotatable bonds is 6. The van der Waals surface area contributed by atoms with Crippen LogP contribution in [0.25, 0.3) is 0 Å². The van der Waals surface area contributed by atoms with E-state index in [0.717, 1.165) is 6.26 Å². The molecule has 0 radical (unpaired) electrons. The fraction of sp³-hybridized carbons (Fsp3) is 0.833. The van der Waals surface area contributed by atoms with E-state index < -0.39 is 38.8 Å². The summed E-state index contributed by atoms with van der Waals surface area (Å²) in [7, 11) is -3.38. The van der Waals surface area contributed by atoms with Crippen LogP contribution in [-0.4, -0.2) is 43.7 Å². The molecule has 1 aliphatic rings. The van der Waals surface area contributed by atoms with Gasteiger partial charge in [0.15, 0.2) is 0 Å². The summed E-state index contributed by atoms with van der Waals surface area (Å²) in [5.74, 6) is -2.60.